The van der Waals surface area contributed by atoms with Crippen molar-refractivity contribution < 1.29 is 13.9 Å². The van der Waals surface area contributed by atoms with E-state index < -0.39 is 11.7 Å². The highest BCUT2D eigenvalue weighted by Crippen LogP contribution is 2.27. The minimum Gasteiger partial charge on any atom is -0.482 e. The van der Waals surface area contributed by atoms with Crippen LogP contribution in [0.4, 0.5) is 0 Å². The molecule has 0 spiro atoms. The number of benzene rings is 3. The molecule has 0 amide bonds. The SMILES string of the molecule is CC(Oc1ccc2c(c1)oc(=O)c1ccccc12)C(=O)c1ccccc1. The summed E-state index contributed by atoms with van der Waals surface area (Å²) in [4.78, 5) is 24.6. The lowest BCUT2D eigenvalue weighted by atomic mass is 10.1. The third kappa shape index (κ3) is 2.86. The summed E-state index contributed by atoms with van der Waals surface area (Å²) in [5.41, 5.74) is 0.641. The van der Waals surface area contributed by atoms with Gasteiger partial charge in [0.2, 0.25) is 5.78 Å². The smallest absolute Gasteiger partial charge is 0.344 e. The van der Waals surface area contributed by atoms with Crippen molar-refractivity contribution in [1.82, 2.24) is 0 Å². The summed E-state index contributed by atoms with van der Waals surface area (Å²) in [6, 6.07) is 21.6. The predicted octanol–water partition coefficient (Wildman–Crippen LogP) is 4.60. The second-order valence-electron chi connectivity index (χ2n) is 6.08. The summed E-state index contributed by atoms with van der Waals surface area (Å²) in [7, 11) is 0. The van der Waals surface area contributed by atoms with E-state index >= 15 is 0 Å². The molecular formula is C22H16O4. The molecule has 1 atom stereocenters. The highest BCUT2D eigenvalue weighted by atomic mass is 16.5. The normalized spacial score (nSPS) is 12.2. The molecule has 0 fully saturated rings. The van der Waals surface area contributed by atoms with E-state index in [9.17, 15) is 9.59 Å². The topological polar surface area (TPSA) is 56.5 Å². The van der Waals surface area contributed by atoms with Gasteiger partial charge in [0.1, 0.15) is 11.3 Å². The number of hydrogen-bond donors (Lipinski definition) is 0. The molecule has 0 aliphatic heterocycles. The van der Waals surface area contributed by atoms with Gasteiger partial charge in [0, 0.05) is 17.0 Å². The van der Waals surface area contributed by atoms with Crippen LogP contribution < -0.4 is 10.4 Å². The molecule has 1 heterocycles. The number of Topliss-reactive ketones (excluding diaryl/α,β-unsaturated/α-hetero) is 1. The molecule has 4 rings (SSSR count). The largest absolute Gasteiger partial charge is 0.482 e. The van der Waals surface area contributed by atoms with Crippen molar-refractivity contribution in [2.75, 3.05) is 0 Å². The van der Waals surface area contributed by atoms with Gasteiger partial charge in [0.25, 0.3) is 0 Å². The Morgan fingerprint density at radius 1 is 0.885 bits per heavy atom. The second kappa shape index (κ2) is 6.48. The van der Waals surface area contributed by atoms with Crippen LogP contribution in [-0.2, 0) is 0 Å². The summed E-state index contributed by atoms with van der Waals surface area (Å²) in [5.74, 6) is 0.373. The van der Waals surface area contributed by atoms with E-state index in [2.05, 4.69) is 0 Å². The van der Waals surface area contributed by atoms with Crippen molar-refractivity contribution in [3.05, 3.63) is 88.8 Å². The molecule has 128 valence electrons. The van der Waals surface area contributed by atoms with Crippen LogP contribution in [0.5, 0.6) is 5.75 Å². The van der Waals surface area contributed by atoms with E-state index in [0.717, 1.165) is 10.8 Å². The van der Waals surface area contributed by atoms with Gasteiger partial charge in [0.15, 0.2) is 6.10 Å². The monoisotopic (exact) mass is 344 g/mol. The first-order valence-corrected chi connectivity index (χ1v) is 8.35. The van der Waals surface area contributed by atoms with Crippen LogP contribution in [0.25, 0.3) is 21.7 Å². The Balaban J connectivity index is 1.69. The first kappa shape index (κ1) is 16.1. The maximum absolute atomic E-state index is 12.4. The zero-order valence-electron chi connectivity index (χ0n) is 14.1. The number of carbonyl (C=O) groups excluding carboxylic acids is 1. The molecule has 3 aromatic carbocycles. The molecule has 4 nitrogen and oxygen atoms in total. The van der Waals surface area contributed by atoms with Crippen molar-refractivity contribution in [3.63, 3.8) is 0 Å². The lowest BCUT2D eigenvalue weighted by Gasteiger charge is -2.14. The summed E-state index contributed by atoms with van der Waals surface area (Å²) in [5, 5.41) is 2.20. The van der Waals surface area contributed by atoms with Gasteiger partial charge in [-0.15, -0.1) is 0 Å². The van der Waals surface area contributed by atoms with Gasteiger partial charge in [-0.1, -0.05) is 48.5 Å². The van der Waals surface area contributed by atoms with Crippen molar-refractivity contribution in [1.29, 1.82) is 0 Å². The number of carbonyl (C=O) groups is 1. The zero-order valence-corrected chi connectivity index (χ0v) is 14.1. The quantitative estimate of drug-likeness (QED) is 0.308. The number of fused-ring (bicyclic) bond motifs is 3. The minimum atomic E-state index is -0.651. The van der Waals surface area contributed by atoms with Crippen molar-refractivity contribution in [2.45, 2.75) is 13.0 Å². The molecule has 0 aliphatic rings. The van der Waals surface area contributed by atoms with E-state index in [1.54, 1.807) is 43.3 Å². The molecular weight excluding hydrogens is 328 g/mol. The highest BCUT2D eigenvalue weighted by molar-refractivity contribution is 6.04. The Kier molecular flexibility index (Phi) is 4.01. The lowest BCUT2D eigenvalue weighted by molar-refractivity contribution is 0.0818. The van der Waals surface area contributed by atoms with E-state index in [1.807, 2.05) is 36.4 Å². The number of ketones is 1. The van der Waals surface area contributed by atoms with Gasteiger partial charge in [-0.2, -0.15) is 0 Å². The summed E-state index contributed by atoms with van der Waals surface area (Å²) in [6.45, 7) is 1.70. The summed E-state index contributed by atoms with van der Waals surface area (Å²) in [6.07, 6.45) is -0.651. The maximum Gasteiger partial charge on any atom is 0.344 e. The second-order valence-corrected chi connectivity index (χ2v) is 6.08. The third-order valence-electron chi connectivity index (χ3n) is 4.33. The first-order chi connectivity index (χ1) is 12.6. The van der Waals surface area contributed by atoms with Crippen molar-refractivity contribution in [3.8, 4) is 5.75 Å². The average molecular weight is 344 g/mol. The fraction of sp³-hybridized carbons (Fsp3) is 0.0909. The average Bonchev–Trinajstić information content (AvgIpc) is 2.68. The van der Waals surface area contributed by atoms with Crippen LogP contribution in [0.15, 0.2) is 82.0 Å². The van der Waals surface area contributed by atoms with Gasteiger partial charge in [-0.3, -0.25) is 4.79 Å². The molecule has 26 heavy (non-hydrogen) atoms. The summed E-state index contributed by atoms with van der Waals surface area (Å²) < 4.78 is 11.2. The Morgan fingerprint density at radius 2 is 1.58 bits per heavy atom. The van der Waals surface area contributed by atoms with Gasteiger partial charge >= 0.3 is 5.63 Å². The molecule has 1 unspecified atom stereocenters. The predicted molar refractivity (Wildman–Crippen MR) is 101 cm³/mol. The Morgan fingerprint density at radius 3 is 2.35 bits per heavy atom. The lowest BCUT2D eigenvalue weighted by Crippen LogP contribution is -2.23. The van der Waals surface area contributed by atoms with Gasteiger partial charge in [-0.05, 0) is 30.5 Å². The standard InChI is InChI=1S/C22H16O4/c1-14(21(23)15-7-3-2-4-8-15)25-16-11-12-18-17-9-5-6-10-19(17)22(24)26-20(18)13-16/h2-14H,1H3. The molecule has 0 saturated heterocycles. The molecule has 4 aromatic rings. The van der Waals surface area contributed by atoms with E-state index in [1.165, 1.54) is 0 Å². The van der Waals surface area contributed by atoms with Crippen LogP contribution >= 0.6 is 0 Å². The molecule has 4 heteroatoms. The van der Waals surface area contributed by atoms with E-state index in [4.69, 9.17) is 9.15 Å². The Labute approximate surface area is 149 Å². The first-order valence-electron chi connectivity index (χ1n) is 8.35. The molecule has 0 bridgehead atoms. The van der Waals surface area contributed by atoms with E-state index in [0.29, 0.717) is 22.3 Å². The van der Waals surface area contributed by atoms with Gasteiger partial charge < -0.3 is 9.15 Å². The van der Waals surface area contributed by atoms with Gasteiger partial charge in [-0.25, -0.2) is 4.79 Å². The van der Waals surface area contributed by atoms with Crippen LogP contribution in [0.3, 0.4) is 0 Å². The number of hydrogen-bond acceptors (Lipinski definition) is 4. The molecule has 0 radical (unpaired) electrons. The maximum atomic E-state index is 12.4. The molecule has 1 aromatic heterocycles. The van der Waals surface area contributed by atoms with Gasteiger partial charge in [0.05, 0.1) is 5.39 Å². The Bertz CT molecular complexity index is 1160. The molecule has 0 aliphatic carbocycles. The molecule has 0 N–H and O–H groups in total. The van der Waals surface area contributed by atoms with Crippen LogP contribution in [-0.4, -0.2) is 11.9 Å². The third-order valence-corrected chi connectivity index (χ3v) is 4.33. The van der Waals surface area contributed by atoms with Crippen molar-refractivity contribution in [2.24, 2.45) is 0 Å². The highest BCUT2D eigenvalue weighted by Gasteiger charge is 2.17. The summed E-state index contributed by atoms with van der Waals surface area (Å²) >= 11 is 0. The van der Waals surface area contributed by atoms with Crippen LogP contribution in [0.2, 0.25) is 0 Å². The Hall–Kier alpha value is -3.40. The van der Waals surface area contributed by atoms with Crippen LogP contribution in [0.1, 0.15) is 17.3 Å². The number of ether oxygens (including phenoxy) is 1. The van der Waals surface area contributed by atoms with E-state index in [-0.39, 0.29) is 5.78 Å². The fourth-order valence-electron chi connectivity index (χ4n) is 3.03. The molecule has 0 saturated carbocycles. The number of rotatable bonds is 4. The minimum absolute atomic E-state index is 0.106. The van der Waals surface area contributed by atoms with Crippen molar-refractivity contribution >= 4 is 27.5 Å². The van der Waals surface area contributed by atoms with Crippen LogP contribution in [0, 0.1) is 0 Å². The zero-order chi connectivity index (χ0) is 18.1. The fourth-order valence-corrected chi connectivity index (χ4v) is 3.03.